The minimum Gasteiger partial charge on any atom is -0.377 e. The van der Waals surface area contributed by atoms with Gasteiger partial charge in [0.1, 0.15) is 0 Å². The van der Waals surface area contributed by atoms with Crippen molar-refractivity contribution in [3.05, 3.63) is 49.6 Å². The summed E-state index contributed by atoms with van der Waals surface area (Å²) in [6, 6.07) is 9.71. The molecule has 1 unspecified atom stereocenters. The topological polar surface area (TPSA) is 35.8 Å². The molecule has 3 rings (SSSR count). The molecule has 102 valence electrons. The van der Waals surface area contributed by atoms with Crippen LogP contribution in [0.4, 0.5) is 5.69 Å². The number of hydrogen-bond acceptors (Lipinski definition) is 3. The Hall–Kier alpha value is -1.21. The van der Waals surface area contributed by atoms with Crippen LogP contribution < -0.4 is 5.32 Å². The van der Waals surface area contributed by atoms with Crippen LogP contribution in [-0.4, -0.2) is 0 Å². The third kappa shape index (κ3) is 2.64. The molecule has 1 N–H and O–H groups in total. The lowest BCUT2D eigenvalue weighted by Crippen LogP contribution is -2.15. The summed E-state index contributed by atoms with van der Waals surface area (Å²) in [6.45, 7) is 0. The maximum absolute atomic E-state index is 8.86. The van der Waals surface area contributed by atoms with Gasteiger partial charge in [-0.05, 0) is 49.1 Å². The quantitative estimate of drug-likeness (QED) is 0.801. The van der Waals surface area contributed by atoms with Gasteiger partial charge in [0.25, 0.3) is 0 Å². The number of halogens is 2. The van der Waals surface area contributed by atoms with Gasteiger partial charge in [-0.2, -0.15) is 5.26 Å². The molecule has 1 aliphatic rings. The van der Waals surface area contributed by atoms with E-state index in [1.54, 1.807) is 23.5 Å². The molecular weight excluding hydrogens is 311 g/mol. The highest BCUT2D eigenvalue weighted by molar-refractivity contribution is 7.16. The number of fused-ring (bicyclic) bond motifs is 1. The third-order valence-corrected chi connectivity index (χ3v) is 5.16. The number of nitriles is 1. The van der Waals surface area contributed by atoms with Crippen LogP contribution in [0.15, 0.2) is 24.3 Å². The van der Waals surface area contributed by atoms with E-state index in [1.165, 1.54) is 10.4 Å². The van der Waals surface area contributed by atoms with E-state index in [-0.39, 0.29) is 6.04 Å². The first-order valence-electron chi connectivity index (χ1n) is 6.41. The number of benzene rings is 1. The molecule has 0 saturated heterocycles. The summed E-state index contributed by atoms with van der Waals surface area (Å²) >= 11 is 14.0. The first-order chi connectivity index (χ1) is 9.67. The zero-order valence-corrected chi connectivity index (χ0v) is 12.9. The molecule has 2 nitrogen and oxygen atoms in total. The number of anilines is 1. The lowest BCUT2D eigenvalue weighted by atomic mass is 9.94. The van der Waals surface area contributed by atoms with Crippen LogP contribution in [0.3, 0.4) is 0 Å². The van der Waals surface area contributed by atoms with Gasteiger partial charge in [-0.15, -0.1) is 11.3 Å². The van der Waals surface area contributed by atoms with Crippen molar-refractivity contribution in [2.45, 2.75) is 25.3 Å². The van der Waals surface area contributed by atoms with Crippen LogP contribution in [0.25, 0.3) is 0 Å². The fourth-order valence-electron chi connectivity index (χ4n) is 2.56. The maximum atomic E-state index is 8.86. The molecule has 0 aliphatic heterocycles. The van der Waals surface area contributed by atoms with E-state index < -0.39 is 0 Å². The van der Waals surface area contributed by atoms with Gasteiger partial charge in [-0.25, -0.2) is 0 Å². The highest BCUT2D eigenvalue weighted by atomic mass is 35.5. The molecule has 5 heteroatoms. The average molecular weight is 323 g/mol. The van der Waals surface area contributed by atoms with E-state index in [0.29, 0.717) is 10.6 Å². The molecule has 20 heavy (non-hydrogen) atoms. The van der Waals surface area contributed by atoms with E-state index in [0.717, 1.165) is 29.3 Å². The Kier molecular flexibility index (Phi) is 3.89. The number of rotatable bonds is 2. The van der Waals surface area contributed by atoms with Gasteiger partial charge < -0.3 is 5.32 Å². The highest BCUT2D eigenvalue weighted by Crippen LogP contribution is 2.40. The van der Waals surface area contributed by atoms with E-state index >= 15 is 0 Å². The molecule has 0 spiro atoms. The second-order valence-electron chi connectivity index (χ2n) is 4.82. The molecule has 0 saturated carbocycles. The second-order valence-corrected chi connectivity index (χ2v) is 7.00. The molecule has 1 aliphatic carbocycles. The van der Waals surface area contributed by atoms with E-state index in [9.17, 15) is 0 Å². The first-order valence-corrected chi connectivity index (χ1v) is 7.99. The summed E-state index contributed by atoms with van der Waals surface area (Å²) in [4.78, 5) is 1.36. The van der Waals surface area contributed by atoms with Crippen molar-refractivity contribution < 1.29 is 0 Å². The Morgan fingerprint density at radius 1 is 1.30 bits per heavy atom. The van der Waals surface area contributed by atoms with Crippen LogP contribution >= 0.6 is 34.5 Å². The van der Waals surface area contributed by atoms with Crippen molar-refractivity contribution >= 4 is 40.2 Å². The van der Waals surface area contributed by atoms with Gasteiger partial charge in [0, 0.05) is 4.88 Å². The van der Waals surface area contributed by atoms with Gasteiger partial charge in [0.15, 0.2) is 0 Å². The molecular formula is C15H12Cl2N2S. The zero-order valence-electron chi connectivity index (χ0n) is 10.6. The third-order valence-electron chi connectivity index (χ3n) is 3.51. The van der Waals surface area contributed by atoms with Gasteiger partial charge in [0.05, 0.1) is 32.7 Å². The molecule has 2 aromatic rings. The summed E-state index contributed by atoms with van der Waals surface area (Å²) < 4.78 is 0.842. The Morgan fingerprint density at radius 3 is 2.90 bits per heavy atom. The molecule has 0 amide bonds. The van der Waals surface area contributed by atoms with Crippen LogP contribution in [0, 0.1) is 11.3 Å². The summed E-state index contributed by atoms with van der Waals surface area (Å²) in [5.74, 6) is 0. The number of nitrogens with one attached hydrogen (secondary N) is 1. The summed E-state index contributed by atoms with van der Waals surface area (Å²) in [6.07, 6.45) is 3.32. The van der Waals surface area contributed by atoms with Gasteiger partial charge >= 0.3 is 0 Å². The monoisotopic (exact) mass is 322 g/mol. The largest absolute Gasteiger partial charge is 0.377 e. The molecule has 1 heterocycles. The number of hydrogen-bond donors (Lipinski definition) is 1. The van der Waals surface area contributed by atoms with Crippen molar-refractivity contribution in [1.29, 1.82) is 5.26 Å². The minimum atomic E-state index is 0.243. The van der Waals surface area contributed by atoms with E-state index in [4.69, 9.17) is 28.5 Å². The fraction of sp³-hybridized carbons (Fsp3) is 0.267. The predicted molar refractivity (Wildman–Crippen MR) is 84.8 cm³/mol. The summed E-state index contributed by atoms with van der Waals surface area (Å²) in [7, 11) is 0. The smallest absolute Gasteiger partial charge is 0.0992 e. The van der Waals surface area contributed by atoms with Gasteiger partial charge in [0.2, 0.25) is 0 Å². The molecule has 1 atom stereocenters. The minimum absolute atomic E-state index is 0.243. The lowest BCUT2D eigenvalue weighted by molar-refractivity contribution is 0.609. The van der Waals surface area contributed by atoms with Crippen LogP contribution in [0.2, 0.25) is 9.36 Å². The van der Waals surface area contributed by atoms with Crippen LogP contribution in [0.5, 0.6) is 0 Å². The zero-order chi connectivity index (χ0) is 14.1. The highest BCUT2D eigenvalue weighted by Gasteiger charge is 2.23. The number of nitrogens with zero attached hydrogens (tertiary/aromatic N) is 1. The number of thiophene rings is 1. The Bertz CT molecular complexity index is 688. The lowest BCUT2D eigenvalue weighted by Gasteiger charge is -2.25. The Balaban J connectivity index is 1.87. The predicted octanol–water partition coefficient (Wildman–Crippen LogP) is 5.42. The van der Waals surface area contributed by atoms with Gasteiger partial charge in [-0.1, -0.05) is 23.2 Å². The Labute approximate surface area is 131 Å². The van der Waals surface area contributed by atoms with Crippen molar-refractivity contribution in [2.24, 2.45) is 0 Å². The van der Waals surface area contributed by atoms with Crippen LogP contribution in [-0.2, 0) is 6.42 Å². The van der Waals surface area contributed by atoms with Crippen LogP contribution in [0.1, 0.15) is 34.9 Å². The summed E-state index contributed by atoms with van der Waals surface area (Å²) in [5, 5.41) is 12.9. The molecule has 1 aromatic heterocycles. The van der Waals surface area contributed by atoms with Gasteiger partial charge in [-0.3, -0.25) is 0 Å². The molecule has 1 aromatic carbocycles. The molecule has 0 bridgehead atoms. The van der Waals surface area contributed by atoms with E-state index in [1.807, 2.05) is 6.07 Å². The standard InChI is InChI=1S/C15H12Cl2N2S/c16-11-6-9(8-18)4-5-13(11)19-12-2-1-3-14-10(12)7-15(17)20-14/h4-7,12,19H,1-3H2. The second kappa shape index (κ2) is 5.65. The maximum Gasteiger partial charge on any atom is 0.0992 e. The number of aryl methyl sites for hydroxylation is 1. The average Bonchev–Trinajstić information content (AvgIpc) is 2.82. The molecule has 0 radical (unpaired) electrons. The fourth-order valence-corrected chi connectivity index (χ4v) is 4.18. The SMILES string of the molecule is N#Cc1ccc(NC2CCCc3sc(Cl)cc32)c(Cl)c1. The first kappa shape index (κ1) is 13.8. The van der Waals surface area contributed by atoms with Crippen molar-refractivity contribution in [2.75, 3.05) is 5.32 Å². The van der Waals surface area contributed by atoms with Crippen molar-refractivity contribution in [3.8, 4) is 6.07 Å². The summed E-state index contributed by atoms with van der Waals surface area (Å²) in [5.41, 5.74) is 2.72. The van der Waals surface area contributed by atoms with E-state index in [2.05, 4.69) is 17.5 Å². The van der Waals surface area contributed by atoms with Crippen molar-refractivity contribution in [3.63, 3.8) is 0 Å². The Morgan fingerprint density at radius 2 is 2.15 bits per heavy atom. The van der Waals surface area contributed by atoms with Crippen molar-refractivity contribution in [1.82, 2.24) is 0 Å². The molecule has 0 fully saturated rings. The normalized spacial score (nSPS) is 17.4.